The van der Waals surface area contributed by atoms with Gasteiger partial charge in [0.2, 0.25) is 5.91 Å². The number of rotatable bonds is 0. The predicted molar refractivity (Wildman–Crippen MR) is 50.1 cm³/mol. The molecule has 0 aromatic carbocycles. The van der Waals surface area contributed by atoms with Gasteiger partial charge >= 0.3 is 0 Å². The second kappa shape index (κ2) is 2.47. The highest BCUT2D eigenvalue weighted by Crippen LogP contribution is 2.32. The molecule has 0 radical (unpaired) electrons. The van der Waals surface area contributed by atoms with Gasteiger partial charge in [-0.15, -0.1) is 0 Å². The average molecular weight is 205 g/mol. The highest BCUT2D eigenvalue weighted by molar-refractivity contribution is 7.95. The molecule has 1 N–H and O–H groups in total. The van der Waals surface area contributed by atoms with Crippen LogP contribution in [-0.2, 0) is 14.6 Å². The van der Waals surface area contributed by atoms with Gasteiger partial charge in [-0.05, 0) is 27.7 Å². The maximum atomic E-state index is 11.9. The van der Waals surface area contributed by atoms with Crippen LogP contribution in [0, 0.1) is 0 Å². The lowest BCUT2D eigenvalue weighted by atomic mass is 10.1. The van der Waals surface area contributed by atoms with Crippen LogP contribution in [0.1, 0.15) is 27.7 Å². The molecule has 1 fully saturated rings. The summed E-state index contributed by atoms with van der Waals surface area (Å²) in [6.07, 6.45) is 0. The van der Waals surface area contributed by atoms with Crippen molar-refractivity contribution in [3.63, 3.8) is 0 Å². The normalized spacial score (nSPS) is 29.4. The van der Waals surface area contributed by atoms with Gasteiger partial charge in [-0.2, -0.15) is 0 Å². The van der Waals surface area contributed by atoms with Crippen LogP contribution in [0.4, 0.5) is 0 Å². The molecule has 1 rings (SSSR count). The Kier molecular flexibility index (Phi) is 1.99. The van der Waals surface area contributed by atoms with Gasteiger partial charge in [0.05, 0.1) is 4.75 Å². The summed E-state index contributed by atoms with van der Waals surface area (Å²) in [4.78, 5) is 11.3. The number of hydrogen-bond donors (Lipinski definition) is 1. The predicted octanol–water partition coefficient (Wildman–Crippen LogP) is 0.0882. The fraction of sp³-hybridized carbons (Fsp3) is 0.875. The number of amides is 1. The first-order valence-corrected chi connectivity index (χ1v) is 5.64. The van der Waals surface area contributed by atoms with E-state index in [0.29, 0.717) is 0 Å². The van der Waals surface area contributed by atoms with Crippen LogP contribution in [-0.4, -0.2) is 30.4 Å². The molecule has 0 aliphatic carbocycles. The molecule has 0 spiro atoms. The summed E-state index contributed by atoms with van der Waals surface area (Å²) in [5, 5.41) is 2.60. The minimum atomic E-state index is -3.40. The molecule has 1 saturated heterocycles. The molecule has 1 aliphatic rings. The van der Waals surface area contributed by atoms with Crippen molar-refractivity contribution >= 4 is 15.7 Å². The summed E-state index contributed by atoms with van der Waals surface area (Å²) in [5.41, 5.74) is 0. The van der Waals surface area contributed by atoms with Crippen LogP contribution >= 0.6 is 0 Å². The van der Waals surface area contributed by atoms with E-state index in [-0.39, 0.29) is 6.54 Å². The number of sulfone groups is 1. The molecule has 1 aliphatic heterocycles. The van der Waals surface area contributed by atoms with Gasteiger partial charge in [-0.3, -0.25) is 4.79 Å². The van der Waals surface area contributed by atoms with E-state index in [4.69, 9.17) is 0 Å². The minimum absolute atomic E-state index is 0.192. The number of carbonyl (C=O) groups is 1. The van der Waals surface area contributed by atoms with Crippen LogP contribution in [0.3, 0.4) is 0 Å². The van der Waals surface area contributed by atoms with Gasteiger partial charge in [0.1, 0.15) is 4.75 Å². The molecule has 5 heteroatoms. The highest BCUT2D eigenvalue weighted by atomic mass is 32.2. The SMILES string of the molecule is CC1(C)CNC(=O)C(C)(C)S1(=O)=O. The van der Waals surface area contributed by atoms with Gasteiger partial charge < -0.3 is 5.32 Å². The third-order valence-electron chi connectivity index (χ3n) is 2.62. The summed E-state index contributed by atoms with van der Waals surface area (Å²) in [7, 11) is -3.40. The van der Waals surface area contributed by atoms with E-state index in [1.165, 1.54) is 13.8 Å². The lowest BCUT2D eigenvalue weighted by Crippen LogP contribution is -2.63. The Labute approximate surface area is 78.6 Å². The summed E-state index contributed by atoms with van der Waals surface area (Å²) in [5.74, 6) is -0.410. The lowest BCUT2D eigenvalue weighted by Gasteiger charge is -2.39. The van der Waals surface area contributed by atoms with Crippen molar-refractivity contribution < 1.29 is 13.2 Å². The average Bonchev–Trinajstić information content (AvgIpc) is 1.97. The fourth-order valence-corrected chi connectivity index (χ4v) is 3.37. The maximum Gasteiger partial charge on any atom is 0.240 e. The molecule has 0 bridgehead atoms. The van der Waals surface area contributed by atoms with Crippen molar-refractivity contribution in [2.24, 2.45) is 0 Å². The van der Waals surface area contributed by atoms with Crippen LogP contribution in [0.2, 0.25) is 0 Å². The Morgan fingerprint density at radius 2 is 1.69 bits per heavy atom. The topological polar surface area (TPSA) is 63.2 Å². The molecule has 0 aromatic rings. The molecule has 76 valence electrons. The molecule has 0 aromatic heterocycles. The zero-order valence-electron chi connectivity index (χ0n) is 8.34. The molecule has 0 saturated carbocycles. The molecule has 0 atom stereocenters. The Bertz CT molecular complexity index is 340. The molecule has 0 unspecified atom stereocenters. The van der Waals surface area contributed by atoms with E-state index in [9.17, 15) is 13.2 Å². The summed E-state index contributed by atoms with van der Waals surface area (Å²) in [6.45, 7) is 6.34. The standard InChI is InChI=1S/C8H15NO3S/c1-7(2)5-9-6(10)8(3,4)13(7,11)12/h5H2,1-4H3,(H,9,10). The first kappa shape index (κ1) is 10.5. The number of hydrogen-bond acceptors (Lipinski definition) is 3. The maximum absolute atomic E-state index is 11.9. The largest absolute Gasteiger partial charge is 0.353 e. The summed E-state index contributed by atoms with van der Waals surface area (Å²) < 4.78 is 21.6. The number of carbonyl (C=O) groups excluding carboxylic acids is 1. The van der Waals surface area contributed by atoms with E-state index in [2.05, 4.69) is 5.32 Å². The van der Waals surface area contributed by atoms with E-state index in [1.54, 1.807) is 13.8 Å². The third kappa shape index (κ3) is 1.17. The molecule has 1 heterocycles. The first-order chi connectivity index (χ1) is 5.63. The van der Waals surface area contributed by atoms with Crippen molar-refractivity contribution in [3.8, 4) is 0 Å². The quantitative estimate of drug-likeness (QED) is 0.609. The fourth-order valence-electron chi connectivity index (χ4n) is 1.41. The van der Waals surface area contributed by atoms with Crippen molar-refractivity contribution in [2.75, 3.05) is 6.54 Å². The van der Waals surface area contributed by atoms with E-state index >= 15 is 0 Å². The minimum Gasteiger partial charge on any atom is -0.353 e. The Hall–Kier alpha value is -0.580. The van der Waals surface area contributed by atoms with Gasteiger partial charge in [-0.1, -0.05) is 0 Å². The van der Waals surface area contributed by atoms with Crippen LogP contribution in [0.5, 0.6) is 0 Å². The van der Waals surface area contributed by atoms with Gasteiger partial charge in [0.25, 0.3) is 0 Å². The zero-order chi connectivity index (χ0) is 10.5. The Morgan fingerprint density at radius 1 is 1.23 bits per heavy atom. The van der Waals surface area contributed by atoms with Crippen LogP contribution < -0.4 is 5.32 Å². The zero-order valence-corrected chi connectivity index (χ0v) is 9.16. The van der Waals surface area contributed by atoms with Crippen molar-refractivity contribution in [2.45, 2.75) is 37.2 Å². The summed E-state index contributed by atoms with van der Waals surface area (Å²) in [6, 6.07) is 0. The molecule has 1 amide bonds. The van der Waals surface area contributed by atoms with Crippen LogP contribution in [0.15, 0.2) is 0 Å². The molecular weight excluding hydrogens is 190 g/mol. The van der Waals surface area contributed by atoms with Gasteiger partial charge in [0, 0.05) is 6.54 Å². The van der Waals surface area contributed by atoms with Gasteiger partial charge in [0.15, 0.2) is 9.84 Å². The van der Waals surface area contributed by atoms with E-state index in [1.807, 2.05) is 0 Å². The monoisotopic (exact) mass is 205 g/mol. The second-order valence-electron chi connectivity index (χ2n) is 4.46. The van der Waals surface area contributed by atoms with Crippen LogP contribution in [0.25, 0.3) is 0 Å². The summed E-state index contributed by atoms with van der Waals surface area (Å²) >= 11 is 0. The first-order valence-electron chi connectivity index (χ1n) is 4.15. The van der Waals surface area contributed by atoms with Crippen molar-refractivity contribution in [3.05, 3.63) is 0 Å². The van der Waals surface area contributed by atoms with Crippen molar-refractivity contribution in [1.29, 1.82) is 0 Å². The highest BCUT2D eigenvalue weighted by Gasteiger charge is 2.54. The number of nitrogens with one attached hydrogen (secondary N) is 1. The Balaban J connectivity index is 3.32. The van der Waals surface area contributed by atoms with E-state index < -0.39 is 25.2 Å². The lowest BCUT2D eigenvalue weighted by molar-refractivity contribution is -0.123. The smallest absolute Gasteiger partial charge is 0.240 e. The second-order valence-corrected chi connectivity index (χ2v) is 7.59. The molecule has 13 heavy (non-hydrogen) atoms. The third-order valence-corrected chi connectivity index (χ3v) is 5.75. The molecular formula is C8H15NO3S. The van der Waals surface area contributed by atoms with E-state index in [0.717, 1.165) is 0 Å². The van der Waals surface area contributed by atoms with Crippen molar-refractivity contribution in [1.82, 2.24) is 5.32 Å². The Morgan fingerprint density at radius 3 is 2.08 bits per heavy atom. The van der Waals surface area contributed by atoms with Gasteiger partial charge in [-0.25, -0.2) is 8.42 Å². The molecule has 4 nitrogen and oxygen atoms in total.